The standard InChI is InChI=1S/C16H15BrF2O/c1-10-4-2-3-5-11(10)8-12(20)9-13-15(18)7-6-14(17)16(13)19/h2-7,12,20H,8-9H2,1H3. The zero-order valence-electron chi connectivity index (χ0n) is 11.0. The van der Waals surface area contributed by atoms with Gasteiger partial charge in [0.25, 0.3) is 0 Å². The van der Waals surface area contributed by atoms with Crippen molar-refractivity contribution in [3.63, 3.8) is 0 Å². The molecule has 0 bridgehead atoms. The fraction of sp³-hybridized carbons (Fsp3) is 0.250. The van der Waals surface area contributed by atoms with Crippen LogP contribution in [0.1, 0.15) is 16.7 Å². The molecule has 0 aromatic heterocycles. The zero-order valence-corrected chi connectivity index (χ0v) is 12.6. The van der Waals surface area contributed by atoms with Crippen LogP contribution in [-0.2, 0) is 12.8 Å². The van der Waals surface area contributed by atoms with Gasteiger partial charge in [-0.3, -0.25) is 0 Å². The Balaban J connectivity index is 2.15. The minimum Gasteiger partial charge on any atom is -0.392 e. The quantitative estimate of drug-likeness (QED) is 0.827. The molecule has 0 spiro atoms. The van der Waals surface area contributed by atoms with Gasteiger partial charge in [0.2, 0.25) is 0 Å². The number of aryl methyl sites for hydroxylation is 1. The Morgan fingerprint density at radius 3 is 2.50 bits per heavy atom. The maximum atomic E-state index is 13.8. The molecule has 1 nitrogen and oxygen atoms in total. The molecule has 20 heavy (non-hydrogen) atoms. The van der Waals surface area contributed by atoms with Gasteiger partial charge in [0.05, 0.1) is 10.6 Å². The largest absolute Gasteiger partial charge is 0.392 e. The third-order valence-electron chi connectivity index (χ3n) is 3.30. The lowest BCUT2D eigenvalue weighted by Gasteiger charge is -2.14. The third-order valence-corrected chi connectivity index (χ3v) is 3.91. The van der Waals surface area contributed by atoms with E-state index in [0.29, 0.717) is 6.42 Å². The van der Waals surface area contributed by atoms with Crippen molar-refractivity contribution >= 4 is 15.9 Å². The van der Waals surface area contributed by atoms with Crippen LogP contribution in [0, 0.1) is 18.6 Å². The number of rotatable bonds is 4. The van der Waals surface area contributed by atoms with Gasteiger partial charge in [-0.25, -0.2) is 8.78 Å². The van der Waals surface area contributed by atoms with Gasteiger partial charge in [-0.1, -0.05) is 24.3 Å². The first-order chi connectivity index (χ1) is 9.49. The summed E-state index contributed by atoms with van der Waals surface area (Å²) >= 11 is 3.03. The Bertz CT molecular complexity index is 613. The van der Waals surface area contributed by atoms with E-state index in [0.717, 1.165) is 11.1 Å². The molecule has 1 unspecified atom stereocenters. The third kappa shape index (κ3) is 3.44. The van der Waals surface area contributed by atoms with Crippen molar-refractivity contribution in [2.24, 2.45) is 0 Å². The van der Waals surface area contributed by atoms with Crippen molar-refractivity contribution in [3.05, 3.63) is 69.2 Å². The number of hydrogen-bond acceptors (Lipinski definition) is 1. The zero-order chi connectivity index (χ0) is 14.7. The van der Waals surface area contributed by atoms with Crippen molar-refractivity contribution in [2.45, 2.75) is 25.9 Å². The van der Waals surface area contributed by atoms with Gasteiger partial charge in [-0.05, 0) is 52.5 Å². The first-order valence-corrected chi connectivity index (χ1v) is 7.13. The highest BCUT2D eigenvalue weighted by Crippen LogP contribution is 2.23. The summed E-state index contributed by atoms with van der Waals surface area (Å²) in [6.07, 6.45) is -0.502. The molecule has 1 N–H and O–H groups in total. The second kappa shape index (κ2) is 6.46. The predicted octanol–water partition coefficient (Wildman–Crippen LogP) is 4.18. The van der Waals surface area contributed by atoms with Crippen molar-refractivity contribution in [1.29, 1.82) is 0 Å². The Morgan fingerprint density at radius 2 is 1.80 bits per heavy atom. The van der Waals surface area contributed by atoms with Crippen molar-refractivity contribution < 1.29 is 13.9 Å². The van der Waals surface area contributed by atoms with Crippen LogP contribution in [0.2, 0.25) is 0 Å². The highest BCUT2D eigenvalue weighted by atomic mass is 79.9. The highest BCUT2D eigenvalue weighted by Gasteiger charge is 2.17. The van der Waals surface area contributed by atoms with Crippen molar-refractivity contribution in [2.75, 3.05) is 0 Å². The number of aliphatic hydroxyl groups excluding tert-OH is 1. The average Bonchev–Trinajstić information content (AvgIpc) is 2.42. The van der Waals surface area contributed by atoms with Gasteiger partial charge in [0.15, 0.2) is 0 Å². The Kier molecular flexibility index (Phi) is 4.89. The molecule has 2 aromatic rings. The van der Waals surface area contributed by atoms with Crippen LogP contribution in [0.25, 0.3) is 0 Å². The summed E-state index contributed by atoms with van der Waals surface area (Å²) in [5.74, 6) is -1.27. The smallest absolute Gasteiger partial charge is 0.143 e. The molecule has 2 aromatic carbocycles. The fourth-order valence-electron chi connectivity index (χ4n) is 2.16. The topological polar surface area (TPSA) is 20.2 Å². The molecular formula is C16H15BrF2O. The summed E-state index contributed by atoms with van der Waals surface area (Å²) in [6.45, 7) is 1.95. The first kappa shape index (κ1) is 15.1. The maximum absolute atomic E-state index is 13.8. The molecule has 0 saturated carbocycles. The lowest BCUT2D eigenvalue weighted by molar-refractivity contribution is 0.172. The molecule has 1 atom stereocenters. The van der Waals surface area contributed by atoms with Crippen LogP contribution in [0.3, 0.4) is 0 Å². The van der Waals surface area contributed by atoms with Gasteiger partial charge in [-0.15, -0.1) is 0 Å². The number of benzene rings is 2. The van der Waals surface area contributed by atoms with Crippen LogP contribution in [0.15, 0.2) is 40.9 Å². The monoisotopic (exact) mass is 340 g/mol. The fourth-order valence-corrected chi connectivity index (χ4v) is 2.53. The van der Waals surface area contributed by atoms with E-state index in [-0.39, 0.29) is 16.5 Å². The maximum Gasteiger partial charge on any atom is 0.143 e. The normalized spacial score (nSPS) is 12.4. The van der Waals surface area contributed by atoms with E-state index in [4.69, 9.17) is 0 Å². The molecule has 0 heterocycles. The number of halogens is 3. The molecule has 106 valence electrons. The molecule has 4 heteroatoms. The lowest BCUT2D eigenvalue weighted by atomic mass is 9.98. The summed E-state index contributed by atoms with van der Waals surface area (Å²) in [5.41, 5.74) is 1.96. The van der Waals surface area contributed by atoms with Crippen molar-refractivity contribution in [1.82, 2.24) is 0 Å². The molecule has 0 fully saturated rings. The summed E-state index contributed by atoms with van der Waals surface area (Å²) < 4.78 is 27.7. The molecule has 0 radical (unpaired) electrons. The van der Waals surface area contributed by atoms with E-state index in [2.05, 4.69) is 15.9 Å². The summed E-state index contributed by atoms with van der Waals surface area (Å²) in [6, 6.07) is 10.2. The van der Waals surface area contributed by atoms with Crippen molar-refractivity contribution in [3.8, 4) is 0 Å². The van der Waals surface area contributed by atoms with E-state index in [9.17, 15) is 13.9 Å². The van der Waals surface area contributed by atoms with E-state index in [1.807, 2.05) is 31.2 Å². The van der Waals surface area contributed by atoms with Crippen LogP contribution < -0.4 is 0 Å². The van der Waals surface area contributed by atoms with Gasteiger partial charge >= 0.3 is 0 Å². The average molecular weight is 341 g/mol. The minimum atomic E-state index is -0.825. The van der Waals surface area contributed by atoms with Gasteiger partial charge in [-0.2, -0.15) is 0 Å². The number of aliphatic hydroxyl groups is 1. The Morgan fingerprint density at radius 1 is 1.10 bits per heavy atom. The van der Waals surface area contributed by atoms with Crippen LogP contribution in [0.5, 0.6) is 0 Å². The van der Waals surface area contributed by atoms with Gasteiger partial charge in [0.1, 0.15) is 11.6 Å². The molecule has 0 aliphatic rings. The first-order valence-electron chi connectivity index (χ1n) is 6.34. The second-order valence-electron chi connectivity index (χ2n) is 4.81. The SMILES string of the molecule is Cc1ccccc1CC(O)Cc1c(F)ccc(Br)c1F. The predicted molar refractivity (Wildman–Crippen MR) is 78.7 cm³/mol. The Labute approximate surface area is 125 Å². The lowest BCUT2D eigenvalue weighted by Crippen LogP contribution is -2.16. The van der Waals surface area contributed by atoms with E-state index in [1.54, 1.807) is 0 Å². The minimum absolute atomic E-state index is 0.0502. The Hall–Kier alpha value is -1.26. The summed E-state index contributed by atoms with van der Waals surface area (Å²) in [5, 5.41) is 10.1. The molecule has 0 aliphatic heterocycles. The highest BCUT2D eigenvalue weighted by molar-refractivity contribution is 9.10. The molecule has 0 aliphatic carbocycles. The molecular weight excluding hydrogens is 326 g/mol. The van der Waals surface area contributed by atoms with Crippen LogP contribution in [0.4, 0.5) is 8.78 Å². The van der Waals surface area contributed by atoms with Gasteiger partial charge in [0, 0.05) is 12.0 Å². The summed E-state index contributed by atoms with van der Waals surface area (Å²) in [4.78, 5) is 0. The van der Waals surface area contributed by atoms with E-state index >= 15 is 0 Å². The molecule has 0 amide bonds. The molecule has 0 saturated heterocycles. The number of hydrogen-bond donors (Lipinski definition) is 1. The van der Waals surface area contributed by atoms with Gasteiger partial charge < -0.3 is 5.11 Å². The second-order valence-corrected chi connectivity index (χ2v) is 5.66. The van der Waals surface area contributed by atoms with E-state index in [1.165, 1.54) is 12.1 Å². The van der Waals surface area contributed by atoms with Crippen LogP contribution in [-0.4, -0.2) is 11.2 Å². The van der Waals surface area contributed by atoms with Crippen LogP contribution >= 0.6 is 15.9 Å². The molecule has 2 rings (SSSR count). The summed E-state index contributed by atoms with van der Waals surface area (Å²) in [7, 11) is 0. The van der Waals surface area contributed by atoms with E-state index < -0.39 is 17.7 Å².